The zero-order chi connectivity index (χ0) is 63.3. The second-order valence-corrected chi connectivity index (χ2v) is 32.6. The normalized spacial score (nSPS) is 44.7. The number of Topliss-reactive ketones (excluding diaryl/α,β-unsaturated/α-hetero) is 2. The van der Waals surface area contributed by atoms with E-state index in [1.165, 1.54) is 27.2 Å². The molecule has 13 rings (SSSR count). The number of esters is 1. The molecule has 1 aromatic carbocycles. The van der Waals surface area contributed by atoms with E-state index in [0.29, 0.717) is 48.7 Å². The van der Waals surface area contributed by atoms with Gasteiger partial charge < -0.3 is 72.5 Å². The van der Waals surface area contributed by atoms with Gasteiger partial charge >= 0.3 is 5.97 Å². The summed E-state index contributed by atoms with van der Waals surface area (Å²) in [4.78, 5) is 54.0. The van der Waals surface area contributed by atoms with Crippen LogP contribution in [0, 0.1) is 111 Å². The highest BCUT2D eigenvalue weighted by Crippen LogP contribution is 2.79. The first kappa shape index (κ1) is 64.3. The number of hydrogen-bond acceptors (Lipinski definition) is 17. The number of aromatic amines is 1. The van der Waals surface area contributed by atoms with Gasteiger partial charge in [0.15, 0.2) is 23.8 Å². The third kappa shape index (κ3) is 10.6. The Hall–Kier alpha value is -4.40. The van der Waals surface area contributed by atoms with Crippen LogP contribution < -0.4 is 16.8 Å². The van der Waals surface area contributed by atoms with Crippen molar-refractivity contribution in [2.45, 2.75) is 177 Å². The van der Waals surface area contributed by atoms with E-state index in [-0.39, 0.29) is 116 Å². The number of phenols is 1. The number of carbonyl (C=O) groups is 3. The number of ether oxygens (including phenoxy) is 1. The Morgan fingerprint density at radius 3 is 2.37 bits per heavy atom. The maximum Gasteiger partial charge on any atom is 0.313 e. The number of cyclic esters (lactones) is 1. The minimum absolute atomic E-state index is 0.00913. The third-order valence-electron chi connectivity index (χ3n) is 25.8. The van der Waals surface area contributed by atoms with Gasteiger partial charge in [0.25, 0.3) is 0 Å². The molecule has 90 heavy (non-hydrogen) atoms. The van der Waals surface area contributed by atoms with Gasteiger partial charge in [-0.05, 0) is 184 Å². The Labute approximate surface area is 536 Å². The molecule has 2 saturated heterocycles. The van der Waals surface area contributed by atoms with E-state index in [2.05, 4.69) is 35.1 Å². The van der Waals surface area contributed by atoms with Gasteiger partial charge in [0.2, 0.25) is 0 Å². The highest BCUT2D eigenvalue weighted by molar-refractivity contribution is 8.76. The number of rotatable bonds is 8. The second kappa shape index (κ2) is 25.1. The van der Waals surface area contributed by atoms with Crippen molar-refractivity contribution in [2.75, 3.05) is 31.3 Å². The van der Waals surface area contributed by atoms with Crippen molar-refractivity contribution in [1.82, 2.24) is 10.3 Å². The Bertz CT molecular complexity index is 3170. The summed E-state index contributed by atoms with van der Waals surface area (Å²) in [5.74, 6) is -0.931. The number of nitrogens with zero attached hydrogens (tertiary/aromatic N) is 1. The lowest BCUT2D eigenvalue weighted by Crippen LogP contribution is -2.73. The van der Waals surface area contributed by atoms with Crippen molar-refractivity contribution in [1.29, 1.82) is 0 Å². The molecule has 4 bridgehead atoms. The van der Waals surface area contributed by atoms with Crippen LogP contribution in [-0.2, 0) is 19.1 Å². The number of aliphatic hydroxyl groups excluding tert-OH is 5. The molecular formula is C70H95N5O13S2. The molecule has 3 heterocycles. The number of guanidine groups is 1. The van der Waals surface area contributed by atoms with E-state index in [9.17, 15) is 45.6 Å². The van der Waals surface area contributed by atoms with Crippen LogP contribution in [0.4, 0.5) is 0 Å². The highest BCUT2D eigenvalue weighted by Gasteiger charge is 2.80. The van der Waals surface area contributed by atoms with E-state index in [1.807, 2.05) is 12.3 Å². The summed E-state index contributed by atoms with van der Waals surface area (Å²) in [5.41, 5.74) is 9.17. The SMILES string of the molecule is C[C@H]1CCC2=CC[C@@H]3[C@@H](C[C@H]([C@@H]4COC(=O)[C@@H]4c4cc[nH]c4)C#CC[C@@H]4C[C@@]5(O)C6=C7N[C@@H](CO)C(=O)C[C@H](c8ccc(O)cc8)CSSC[C@@H]8[C@@H](O)[C@@H](O)C[C@](C9CCCC9)([C@H]6[C@H]6CC[C@H](CN=C(N)N)[C@@]5(C6)[C@H]4[C@@](C)(O)[C@H](O)C[C@H]3C(O)O)[C@@H]8C7=O)[C@@H]2C1. The van der Waals surface area contributed by atoms with E-state index in [0.717, 1.165) is 56.1 Å². The molecule has 0 unspecified atom stereocenters. The fraction of sp³-hybridized carbons (Fsp3) is 0.714. The molecule has 24 atom stereocenters. The molecule has 18 nitrogen and oxygen atoms in total. The van der Waals surface area contributed by atoms with Crippen molar-refractivity contribution in [3.05, 3.63) is 76.8 Å². The summed E-state index contributed by atoms with van der Waals surface area (Å²) < 4.78 is 5.98. The van der Waals surface area contributed by atoms with Crippen molar-refractivity contribution in [2.24, 2.45) is 116 Å². The van der Waals surface area contributed by atoms with Crippen LogP contribution in [0.2, 0.25) is 0 Å². The highest BCUT2D eigenvalue weighted by atomic mass is 33.1. The molecule has 8 fully saturated rings. The number of hydrogen-bond donors (Lipinski definition) is 13. The number of benzene rings is 1. The molecule has 2 aromatic rings. The van der Waals surface area contributed by atoms with Gasteiger partial charge in [-0.1, -0.05) is 71.1 Å². The van der Waals surface area contributed by atoms with E-state index >= 15 is 14.7 Å². The Morgan fingerprint density at radius 2 is 1.64 bits per heavy atom. The lowest BCUT2D eigenvalue weighted by Gasteiger charge is -2.70. The van der Waals surface area contributed by atoms with Gasteiger partial charge in [-0.2, -0.15) is 0 Å². The lowest BCUT2D eigenvalue weighted by atomic mass is 9.35. The smallest absolute Gasteiger partial charge is 0.313 e. The predicted molar refractivity (Wildman–Crippen MR) is 341 cm³/mol. The molecule has 1 spiro atoms. The number of nitrogens with two attached hydrogens (primary N) is 2. The quantitative estimate of drug-likeness (QED) is 0.0276. The largest absolute Gasteiger partial charge is 0.508 e. The van der Waals surface area contributed by atoms with E-state index in [1.54, 1.807) is 37.4 Å². The van der Waals surface area contributed by atoms with Crippen LogP contribution in [0.3, 0.4) is 0 Å². The van der Waals surface area contributed by atoms with Crippen molar-refractivity contribution in [3.8, 4) is 17.6 Å². The zero-order valence-corrected chi connectivity index (χ0v) is 53.6. The third-order valence-corrected chi connectivity index (χ3v) is 28.3. The minimum atomic E-state index is -2.11. The number of aliphatic imine (C=N–C) groups is 1. The molecule has 1 aromatic heterocycles. The van der Waals surface area contributed by atoms with Gasteiger partial charge in [-0.15, -0.1) is 5.92 Å². The molecule has 490 valence electrons. The molecule has 2 aliphatic heterocycles. The number of aromatic nitrogens is 1. The Kier molecular flexibility index (Phi) is 17.9. The molecule has 15 N–H and O–H groups in total. The summed E-state index contributed by atoms with van der Waals surface area (Å²) in [7, 11) is 3.03. The van der Waals surface area contributed by atoms with Gasteiger partial charge in [0, 0.05) is 90.1 Å². The number of nitrogens with one attached hydrogen (secondary N) is 2. The average Bonchev–Trinajstić information content (AvgIpc) is 1.31. The predicted octanol–water partition coefficient (Wildman–Crippen LogP) is 5.95. The first-order valence-corrected chi connectivity index (χ1v) is 36.2. The number of carbonyl (C=O) groups excluding carboxylic acids is 3. The van der Waals surface area contributed by atoms with Gasteiger partial charge in [-0.25, -0.2) is 0 Å². The van der Waals surface area contributed by atoms with Crippen molar-refractivity contribution < 1.29 is 65.1 Å². The maximum absolute atomic E-state index is 17.0. The summed E-state index contributed by atoms with van der Waals surface area (Å²) in [6.45, 7) is 3.30. The topological polar surface area (TPSA) is 335 Å². The monoisotopic (exact) mass is 1280 g/mol. The molecule has 6 saturated carbocycles. The first-order valence-electron chi connectivity index (χ1n) is 33.7. The fourth-order valence-electron chi connectivity index (χ4n) is 22.2. The number of allylic oxidation sites excluding steroid dienone is 3. The number of ketones is 2. The number of aliphatic hydroxyl groups is 8. The van der Waals surface area contributed by atoms with Crippen LogP contribution in [-0.4, -0.2) is 148 Å². The molecular weight excluding hydrogens is 1180 g/mol. The number of aromatic hydroxyl groups is 1. The maximum atomic E-state index is 17.0. The minimum Gasteiger partial charge on any atom is -0.508 e. The van der Waals surface area contributed by atoms with Crippen LogP contribution in [0.25, 0.3) is 0 Å². The molecule has 20 heteroatoms. The standard InChI is InChI=1S/C70H95N5O13S2/c1-35-10-11-37-15-19-46-48(47(37)22-35)23-38(50-32-88-65(85)56(50)41-20-21-73-29-41)6-5-7-40-27-70(87)59-57(39-12-16-44(30-74-66(71)72)69(70,26-39)63(40)67(2,86)55(80)25-49(46)64(83)84)68(43-8-3-4-9-43)28-54(79)61(81)51-34-90-89-33-42(36-13-17-45(77)18-14-36)24-53(78)52(31-76)75-60(59)62(82)58(51)68/h13-15,17-18,20-21,29,35,38-40,42-44,46-52,54-58,61,63-64,73,75-77,79-81,83-84,86-87H,3-4,7-12,16,19,22-28,30-34H2,1-2H3,(H4,71,72,74)/t35-,38+,39-,40+,42-,44+,46+,47+,48+,49+,50-,51-,52-,54-,55+,56+,57-,58-,61+,63+,67-,68-,69-,70+/m0/s1. The van der Waals surface area contributed by atoms with E-state index in [4.69, 9.17) is 21.2 Å². The van der Waals surface area contributed by atoms with E-state index < -0.39 is 124 Å². The summed E-state index contributed by atoms with van der Waals surface area (Å²) in [6, 6.07) is 7.25. The molecule has 11 aliphatic rings. The number of phenolic OH excluding ortho intramolecular Hbond substituents is 1. The van der Waals surface area contributed by atoms with Crippen molar-refractivity contribution >= 4 is 45.1 Å². The van der Waals surface area contributed by atoms with Gasteiger partial charge in [0.05, 0.1) is 54.3 Å². The Morgan fingerprint density at radius 1 is 0.878 bits per heavy atom. The second-order valence-electron chi connectivity index (χ2n) is 30.0. The molecule has 0 amide bonds. The first-order chi connectivity index (χ1) is 43.1. The summed E-state index contributed by atoms with van der Waals surface area (Å²) in [6.07, 6.45) is 8.13. The Balaban J connectivity index is 1.03. The van der Waals surface area contributed by atoms with Gasteiger partial charge in [0.1, 0.15) is 11.8 Å². The number of fused-ring (bicyclic) bond motifs is 10. The van der Waals surface area contributed by atoms with Crippen LogP contribution in [0.15, 0.2) is 70.6 Å². The van der Waals surface area contributed by atoms with Crippen LogP contribution in [0.1, 0.15) is 146 Å². The molecule has 9 aliphatic carbocycles. The van der Waals surface area contributed by atoms with Gasteiger partial charge in [-0.3, -0.25) is 19.4 Å². The number of H-pyrrole nitrogens is 1. The van der Waals surface area contributed by atoms with Crippen molar-refractivity contribution in [3.63, 3.8) is 0 Å². The fourth-order valence-corrected chi connectivity index (χ4v) is 24.9. The average molecular weight is 1280 g/mol. The van der Waals surface area contributed by atoms with Crippen LogP contribution >= 0.6 is 21.6 Å². The van der Waals surface area contributed by atoms with Crippen LogP contribution in [0.5, 0.6) is 5.75 Å². The summed E-state index contributed by atoms with van der Waals surface area (Å²) >= 11 is 0. The molecule has 0 radical (unpaired) electrons. The zero-order valence-electron chi connectivity index (χ0n) is 52.0. The lowest BCUT2D eigenvalue weighted by molar-refractivity contribution is -0.239. The summed E-state index contributed by atoms with van der Waals surface area (Å²) in [5, 5.41) is 117.